The first kappa shape index (κ1) is 13.5. The van der Waals surface area contributed by atoms with E-state index in [1.54, 1.807) is 12.3 Å². The molecule has 19 heavy (non-hydrogen) atoms. The van der Waals surface area contributed by atoms with Crippen LogP contribution in [0.4, 0.5) is 4.39 Å². The van der Waals surface area contributed by atoms with Gasteiger partial charge in [0.1, 0.15) is 17.4 Å². The molecule has 1 aromatic heterocycles. The second-order valence-electron chi connectivity index (χ2n) is 4.59. The minimum Gasteiger partial charge on any atom is -0.508 e. The number of hydrogen-bond donors (Lipinski definition) is 2. The highest BCUT2D eigenvalue weighted by atomic mass is 19.1. The zero-order valence-electron chi connectivity index (χ0n) is 11.1. The molecule has 102 valence electrons. The number of nitrogens with zero attached hydrogens (tertiary/aromatic N) is 2. The first-order chi connectivity index (χ1) is 9.08. The molecule has 5 heteroatoms. The molecule has 2 aromatic rings. The highest BCUT2D eigenvalue weighted by Crippen LogP contribution is 2.20. The van der Waals surface area contributed by atoms with Crippen LogP contribution in [0.3, 0.4) is 0 Å². The van der Waals surface area contributed by atoms with Crippen molar-refractivity contribution in [3.63, 3.8) is 0 Å². The van der Waals surface area contributed by atoms with Crippen molar-refractivity contribution < 1.29 is 9.50 Å². The molecule has 4 nitrogen and oxygen atoms in total. The maximum atomic E-state index is 13.6. The Hall–Kier alpha value is -1.88. The molecule has 0 radical (unpaired) electrons. The van der Waals surface area contributed by atoms with Crippen molar-refractivity contribution in [2.75, 3.05) is 6.54 Å². The minimum atomic E-state index is -0.392. The van der Waals surface area contributed by atoms with Gasteiger partial charge < -0.3 is 15.0 Å². The van der Waals surface area contributed by atoms with Crippen LogP contribution in [0.5, 0.6) is 5.75 Å². The first-order valence-corrected chi connectivity index (χ1v) is 6.26. The van der Waals surface area contributed by atoms with E-state index in [1.807, 2.05) is 24.7 Å². The van der Waals surface area contributed by atoms with E-state index >= 15 is 0 Å². The molecule has 1 unspecified atom stereocenters. The molecule has 0 fully saturated rings. The monoisotopic (exact) mass is 263 g/mol. The van der Waals surface area contributed by atoms with Crippen molar-refractivity contribution in [1.82, 2.24) is 14.9 Å². The van der Waals surface area contributed by atoms with Gasteiger partial charge in [0.25, 0.3) is 0 Å². The van der Waals surface area contributed by atoms with Gasteiger partial charge in [0.05, 0.1) is 0 Å². The number of rotatable bonds is 5. The number of aryl methyl sites for hydroxylation is 1. The van der Waals surface area contributed by atoms with Crippen LogP contribution < -0.4 is 5.32 Å². The summed E-state index contributed by atoms with van der Waals surface area (Å²) in [6, 6.07) is 4.12. The summed E-state index contributed by atoms with van der Waals surface area (Å²) in [7, 11) is 1.95. The second-order valence-corrected chi connectivity index (χ2v) is 4.59. The maximum absolute atomic E-state index is 13.6. The lowest BCUT2D eigenvalue weighted by Crippen LogP contribution is -2.23. The van der Waals surface area contributed by atoms with Crippen LogP contribution in [0.25, 0.3) is 0 Å². The molecule has 1 atom stereocenters. The van der Waals surface area contributed by atoms with Crippen molar-refractivity contribution in [2.45, 2.75) is 19.4 Å². The third kappa shape index (κ3) is 3.32. The van der Waals surface area contributed by atoms with Gasteiger partial charge in [-0.1, -0.05) is 6.07 Å². The molecule has 0 spiro atoms. The Bertz CT molecular complexity index is 553. The number of nitrogens with one attached hydrogen (secondary N) is 1. The molecule has 0 saturated heterocycles. The summed E-state index contributed by atoms with van der Waals surface area (Å²) in [6.45, 7) is 2.61. The van der Waals surface area contributed by atoms with Gasteiger partial charge in [-0.15, -0.1) is 0 Å². The van der Waals surface area contributed by atoms with Gasteiger partial charge in [0, 0.05) is 50.1 Å². The molecule has 0 saturated carbocycles. The number of aromatic nitrogens is 2. The van der Waals surface area contributed by atoms with Crippen molar-refractivity contribution in [3.8, 4) is 5.75 Å². The Morgan fingerprint density at radius 3 is 2.89 bits per heavy atom. The zero-order chi connectivity index (χ0) is 13.8. The highest BCUT2D eigenvalue weighted by Gasteiger charge is 2.11. The van der Waals surface area contributed by atoms with Crippen LogP contribution in [-0.2, 0) is 13.5 Å². The smallest absolute Gasteiger partial charge is 0.131 e. The van der Waals surface area contributed by atoms with Gasteiger partial charge in [-0.25, -0.2) is 9.37 Å². The maximum Gasteiger partial charge on any atom is 0.131 e. The molecule has 0 amide bonds. The average molecular weight is 263 g/mol. The third-order valence-corrected chi connectivity index (χ3v) is 3.17. The summed E-state index contributed by atoms with van der Waals surface area (Å²) in [5.74, 6) is 0.546. The SMILES string of the molecule is CC(NCCc1nccn1C)c1ccc(O)cc1F. The Labute approximate surface area is 111 Å². The summed E-state index contributed by atoms with van der Waals surface area (Å²) in [5, 5.41) is 12.4. The van der Waals surface area contributed by atoms with Crippen molar-refractivity contribution in [2.24, 2.45) is 7.05 Å². The summed E-state index contributed by atoms with van der Waals surface area (Å²) in [6.07, 6.45) is 4.45. The van der Waals surface area contributed by atoms with E-state index in [0.29, 0.717) is 12.1 Å². The number of halogens is 1. The molecule has 0 bridgehead atoms. The number of phenols is 1. The molecule has 0 aliphatic rings. The average Bonchev–Trinajstić information content (AvgIpc) is 2.75. The zero-order valence-corrected chi connectivity index (χ0v) is 11.1. The normalized spacial score (nSPS) is 12.6. The summed E-state index contributed by atoms with van der Waals surface area (Å²) in [4.78, 5) is 4.23. The lowest BCUT2D eigenvalue weighted by Gasteiger charge is -2.15. The van der Waals surface area contributed by atoms with Crippen LogP contribution in [-0.4, -0.2) is 21.2 Å². The standard InChI is InChI=1S/C14H18FN3O/c1-10(12-4-3-11(19)9-13(12)15)16-6-5-14-17-7-8-18(14)2/h3-4,7-10,16,19H,5-6H2,1-2H3. The van der Waals surface area contributed by atoms with Gasteiger partial charge in [-0.3, -0.25) is 0 Å². The lowest BCUT2D eigenvalue weighted by atomic mass is 10.1. The number of aromatic hydroxyl groups is 1. The number of benzene rings is 1. The van der Waals surface area contributed by atoms with Crippen LogP contribution in [0.2, 0.25) is 0 Å². The fraction of sp³-hybridized carbons (Fsp3) is 0.357. The Morgan fingerprint density at radius 1 is 1.47 bits per heavy atom. The number of hydrogen-bond acceptors (Lipinski definition) is 3. The van der Waals surface area contributed by atoms with E-state index < -0.39 is 5.82 Å². The lowest BCUT2D eigenvalue weighted by molar-refractivity contribution is 0.463. The van der Waals surface area contributed by atoms with Gasteiger partial charge in [-0.2, -0.15) is 0 Å². The molecule has 1 heterocycles. The van der Waals surface area contributed by atoms with E-state index in [-0.39, 0.29) is 11.8 Å². The molecule has 2 N–H and O–H groups in total. The molecule has 1 aromatic carbocycles. The van der Waals surface area contributed by atoms with E-state index in [0.717, 1.165) is 18.3 Å². The second kappa shape index (κ2) is 5.84. The number of imidazole rings is 1. The van der Waals surface area contributed by atoms with Crippen LogP contribution in [0.15, 0.2) is 30.6 Å². The van der Waals surface area contributed by atoms with E-state index in [2.05, 4.69) is 10.3 Å². The van der Waals surface area contributed by atoms with E-state index in [9.17, 15) is 9.50 Å². The summed E-state index contributed by atoms with van der Waals surface area (Å²) >= 11 is 0. The predicted octanol–water partition coefficient (Wildman–Crippen LogP) is 2.16. The molecular weight excluding hydrogens is 245 g/mol. The number of phenolic OH excluding ortho intramolecular Hbond substituents is 1. The predicted molar refractivity (Wildman–Crippen MR) is 71.4 cm³/mol. The van der Waals surface area contributed by atoms with Crippen LogP contribution in [0, 0.1) is 5.82 Å². The van der Waals surface area contributed by atoms with Crippen LogP contribution in [0.1, 0.15) is 24.4 Å². The summed E-state index contributed by atoms with van der Waals surface area (Å²) in [5.41, 5.74) is 0.553. The van der Waals surface area contributed by atoms with Gasteiger partial charge in [0.2, 0.25) is 0 Å². The van der Waals surface area contributed by atoms with Gasteiger partial charge in [-0.05, 0) is 13.0 Å². The molecule has 0 aliphatic carbocycles. The van der Waals surface area contributed by atoms with Crippen molar-refractivity contribution in [3.05, 3.63) is 47.8 Å². The van der Waals surface area contributed by atoms with Gasteiger partial charge in [0.15, 0.2) is 0 Å². The van der Waals surface area contributed by atoms with Gasteiger partial charge >= 0.3 is 0 Å². The van der Waals surface area contributed by atoms with Crippen molar-refractivity contribution in [1.29, 1.82) is 0 Å². The highest BCUT2D eigenvalue weighted by molar-refractivity contribution is 5.29. The Balaban J connectivity index is 1.91. The fourth-order valence-electron chi connectivity index (χ4n) is 2.02. The Kier molecular flexibility index (Phi) is 4.16. The first-order valence-electron chi connectivity index (χ1n) is 6.26. The Morgan fingerprint density at radius 2 is 2.26 bits per heavy atom. The molecular formula is C14H18FN3O. The fourth-order valence-corrected chi connectivity index (χ4v) is 2.02. The van der Waals surface area contributed by atoms with E-state index in [1.165, 1.54) is 6.07 Å². The topological polar surface area (TPSA) is 50.1 Å². The van der Waals surface area contributed by atoms with E-state index in [4.69, 9.17) is 0 Å². The molecule has 2 rings (SSSR count). The molecule has 0 aliphatic heterocycles. The minimum absolute atomic E-state index is 0.0542. The summed E-state index contributed by atoms with van der Waals surface area (Å²) < 4.78 is 15.6. The van der Waals surface area contributed by atoms with Crippen molar-refractivity contribution >= 4 is 0 Å². The quantitative estimate of drug-likeness (QED) is 0.869. The largest absolute Gasteiger partial charge is 0.508 e. The van der Waals surface area contributed by atoms with Crippen LogP contribution >= 0.6 is 0 Å². The third-order valence-electron chi connectivity index (χ3n) is 3.17.